The SMILES string of the molecule is COc1cc(Oc2ccc(N3C(=O)NC(C)(C)C3=O)cc2)ccc1C#N. The maximum Gasteiger partial charge on any atom is 0.329 e. The van der Waals surface area contributed by atoms with Gasteiger partial charge in [-0.15, -0.1) is 0 Å². The topological polar surface area (TPSA) is 91.7 Å². The van der Waals surface area contributed by atoms with Gasteiger partial charge in [0.15, 0.2) is 0 Å². The van der Waals surface area contributed by atoms with Crippen LogP contribution in [0.4, 0.5) is 10.5 Å². The first-order chi connectivity index (χ1) is 12.4. The number of anilines is 1. The fourth-order valence-electron chi connectivity index (χ4n) is 2.61. The molecule has 0 aliphatic carbocycles. The molecule has 0 spiro atoms. The van der Waals surface area contributed by atoms with Gasteiger partial charge < -0.3 is 14.8 Å². The number of nitrogens with zero attached hydrogens (tertiary/aromatic N) is 2. The Morgan fingerprint density at radius 3 is 2.27 bits per heavy atom. The summed E-state index contributed by atoms with van der Waals surface area (Å²) in [5, 5.41) is 11.6. The number of imide groups is 1. The van der Waals surface area contributed by atoms with Crippen LogP contribution in [0.15, 0.2) is 42.5 Å². The summed E-state index contributed by atoms with van der Waals surface area (Å²) in [5.74, 6) is 1.13. The second-order valence-corrected chi connectivity index (χ2v) is 6.27. The van der Waals surface area contributed by atoms with Gasteiger partial charge in [0.1, 0.15) is 28.9 Å². The zero-order valence-corrected chi connectivity index (χ0v) is 14.6. The summed E-state index contributed by atoms with van der Waals surface area (Å²) < 4.78 is 10.9. The molecule has 26 heavy (non-hydrogen) atoms. The van der Waals surface area contributed by atoms with E-state index in [1.54, 1.807) is 56.3 Å². The molecule has 0 bridgehead atoms. The normalized spacial score (nSPS) is 15.4. The number of carbonyl (C=O) groups is 2. The number of nitrogens with one attached hydrogen (secondary N) is 1. The van der Waals surface area contributed by atoms with E-state index in [0.717, 1.165) is 4.90 Å². The lowest BCUT2D eigenvalue weighted by atomic mass is 10.1. The second-order valence-electron chi connectivity index (χ2n) is 6.27. The lowest BCUT2D eigenvalue weighted by Gasteiger charge is -2.16. The Morgan fingerprint density at radius 1 is 1.08 bits per heavy atom. The van der Waals surface area contributed by atoms with Crippen LogP contribution in [-0.2, 0) is 4.79 Å². The van der Waals surface area contributed by atoms with E-state index in [0.29, 0.717) is 28.5 Å². The van der Waals surface area contributed by atoms with Gasteiger partial charge in [-0.3, -0.25) is 4.79 Å². The van der Waals surface area contributed by atoms with E-state index in [1.807, 2.05) is 6.07 Å². The number of carbonyl (C=O) groups excluding carboxylic acids is 2. The highest BCUT2D eigenvalue weighted by atomic mass is 16.5. The molecule has 1 fully saturated rings. The first-order valence-electron chi connectivity index (χ1n) is 7.88. The van der Waals surface area contributed by atoms with E-state index in [4.69, 9.17) is 14.7 Å². The molecule has 7 heteroatoms. The lowest BCUT2D eigenvalue weighted by Crippen LogP contribution is -2.40. The van der Waals surface area contributed by atoms with E-state index in [9.17, 15) is 9.59 Å². The van der Waals surface area contributed by atoms with E-state index < -0.39 is 11.6 Å². The number of hydrogen-bond acceptors (Lipinski definition) is 5. The predicted molar refractivity (Wildman–Crippen MR) is 94.3 cm³/mol. The average Bonchev–Trinajstić information content (AvgIpc) is 2.83. The molecular weight excluding hydrogens is 334 g/mol. The minimum absolute atomic E-state index is 0.312. The molecule has 1 aliphatic heterocycles. The van der Waals surface area contributed by atoms with Gasteiger partial charge in [0, 0.05) is 6.07 Å². The molecule has 2 aromatic rings. The fourth-order valence-corrected chi connectivity index (χ4v) is 2.61. The van der Waals surface area contributed by atoms with Gasteiger partial charge in [-0.25, -0.2) is 9.69 Å². The molecule has 0 saturated carbocycles. The van der Waals surface area contributed by atoms with Crippen molar-refractivity contribution >= 4 is 17.6 Å². The highest BCUT2D eigenvalue weighted by Crippen LogP contribution is 2.30. The standard InChI is InChI=1S/C19H17N3O4/c1-19(2)17(23)22(18(24)21-19)13-5-8-14(9-6-13)26-15-7-4-12(11-20)16(10-15)25-3/h4-10H,1-3H3,(H,21,24). The van der Waals surface area contributed by atoms with Gasteiger partial charge in [-0.2, -0.15) is 5.26 Å². The van der Waals surface area contributed by atoms with E-state index in [1.165, 1.54) is 7.11 Å². The molecule has 7 nitrogen and oxygen atoms in total. The van der Waals surface area contributed by atoms with Gasteiger partial charge >= 0.3 is 6.03 Å². The Labute approximate surface area is 150 Å². The number of benzene rings is 2. The maximum absolute atomic E-state index is 12.3. The van der Waals surface area contributed by atoms with Crippen molar-refractivity contribution in [1.29, 1.82) is 5.26 Å². The van der Waals surface area contributed by atoms with E-state index in [-0.39, 0.29) is 5.91 Å². The number of nitriles is 1. The molecule has 2 aromatic carbocycles. The highest BCUT2D eigenvalue weighted by Gasteiger charge is 2.44. The van der Waals surface area contributed by atoms with Crippen molar-refractivity contribution in [2.24, 2.45) is 0 Å². The zero-order chi connectivity index (χ0) is 18.9. The van der Waals surface area contributed by atoms with Crippen molar-refractivity contribution in [2.75, 3.05) is 12.0 Å². The van der Waals surface area contributed by atoms with Crippen LogP contribution in [0.1, 0.15) is 19.4 Å². The van der Waals surface area contributed by atoms with Crippen LogP contribution in [0.3, 0.4) is 0 Å². The Morgan fingerprint density at radius 2 is 1.73 bits per heavy atom. The molecule has 0 unspecified atom stereocenters. The van der Waals surface area contributed by atoms with Crippen LogP contribution in [0.2, 0.25) is 0 Å². The summed E-state index contributed by atoms with van der Waals surface area (Å²) in [6.07, 6.45) is 0. The molecule has 0 radical (unpaired) electrons. The first-order valence-corrected chi connectivity index (χ1v) is 7.88. The molecule has 0 atom stereocenters. The van der Waals surface area contributed by atoms with Crippen molar-refractivity contribution in [3.63, 3.8) is 0 Å². The molecule has 1 heterocycles. The highest BCUT2D eigenvalue weighted by molar-refractivity contribution is 6.23. The summed E-state index contributed by atoms with van der Waals surface area (Å²) in [6, 6.07) is 13.1. The smallest absolute Gasteiger partial charge is 0.329 e. The Bertz CT molecular complexity index is 913. The molecule has 3 rings (SSSR count). The Balaban J connectivity index is 1.80. The minimum atomic E-state index is -0.925. The Kier molecular flexibility index (Phi) is 4.26. The van der Waals surface area contributed by atoms with Crippen LogP contribution in [-0.4, -0.2) is 24.6 Å². The number of hydrogen-bond donors (Lipinski definition) is 1. The van der Waals surface area contributed by atoms with Gasteiger partial charge in [-0.1, -0.05) is 0 Å². The summed E-state index contributed by atoms with van der Waals surface area (Å²) in [6.45, 7) is 3.31. The lowest BCUT2D eigenvalue weighted by molar-refractivity contribution is -0.121. The van der Waals surface area contributed by atoms with Gasteiger partial charge in [0.05, 0.1) is 18.4 Å². The van der Waals surface area contributed by atoms with Crippen LogP contribution in [0.5, 0.6) is 17.2 Å². The van der Waals surface area contributed by atoms with Crippen LogP contribution < -0.4 is 19.7 Å². The monoisotopic (exact) mass is 351 g/mol. The Hall–Kier alpha value is -3.53. The van der Waals surface area contributed by atoms with Crippen LogP contribution >= 0.6 is 0 Å². The van der Waals surface area contributed by atoms with Crippen molar-refractivity contribution in [3.05, 3.63) is 48.0 Å². The predicted octanol–water partition coefficient (Wildman–Crippen LogP) is 3.19. The van der Waals surface area contributed by atoms with Crippen LogP contribution in [0, 0.1) is 11.3 Å². The van der Waals surface area contributed by atoms with Crippen molar-refractivity contribution < 1.29 is 19.1 Å². The third kappa shape index (κ3) is 3.05. The summed E-state index contributed by atoms with van der Waals surface area (Å²) in [7, 11) is 1.48. The molecule has 1 aliphatic rings. The third-order valence-corrected chi connectivity index (χ3v) is 3.98. The van der Waals surface area contributed by atoms with Gasteiger partial charge in [0.25, 0.3) is 5.91 Å². The number of urea groups is 1. The molecule has 1 saturated heterocycles. The first kappa shape index (κ1) is 17.3. The quantitative estimate of drug-likeness (QED) is 0.854. The fraction of sp³-hybridized carbons (Fsp3) is 0.211. The summed E-state index contributed by atoms with van der Waals surface area (Å²) >= 11 is 0. The minimum Gasteiger partial charge on any atom is -0.495 e. The molecular formula is C19H17N3O4. The van der Waals surface area contributed by atoms with Crippen molar-refractivity contribution in [1.82, 2.24) is 5.32 Å². The van der Waals surface area contributed by atoms with Crippen molar-refractivity contribution in [2.45, 2.75) is 19.4 Å². The van der Waals surface area contributed by atoms with Gasteiger partial charge in [-0.05, 0) is 50.2 Å². The summed E-state index contributed by atoms with van der Waals surface area (Å²) in [5.41, 5.74) is -0.0510. The number of amides is 3. The number of methoxy groups -OCH3 is 1. The van der Waals surface area contributed by atoms with E-state index >= 15 is 0 Å². The second kappa shape index (κ2) is 6.41. The number of ether oxygens (including phenoxy) is 2. The molecule has 3 amide bonds. The third-order valence-electron chi connectivity index (χ3n) is 3.98. The molecule has 132 valence electrons. The maximum atomic E-state index is 12.3. The summed E-state index contributed by atoms with van der Waals surface area (Å²) in [4.78, 5) is 25.5. The number of rotatable bonds is 4. The molecule has 0 aromatic heterocycles. The molecule has 1 N–H and O–H groups in total. The zero-order valence-electron chi connectivity index (χ0n) is 14.6. The van der Waals surface area contributed by atoms with E-state index in [2.05, 4.69) is 5.32 Å². The largest absolute Gasteiger partial charge is 0.495 e. The van der Waals surface area contributed by atoms with Gasteiger partial charge in [0.2, 0.25) is 0 Å². The van der Waals surface area contributed by atoms with Crippen molar-refractivity contribution in [3.8, 4) is 23.3 Å². The average molecular weight is 351 g/mol. The van der Waals surface area contributed by atoms with Crippen LogP contribution in [0.25, 0.3) is 0 Å².